The van der Waals surface area contributed by atoms with Gasteiger partial charge in [-0.05, 0) is 37.3 Å². The van der Waals surface area contributed by atoms with Crippen LogP contribution in [0.1, 0.15) is 29.0 Å². The zero-order valence-corrected chi connectivity index (χ0v) is 12.3. The predicted molar refractivity (Wildman–Crippen MR) is 79.7 cm³/mol. The van der Waals surface area contributed by atoms with Crippen molar-refractivity contribution in [2.75, 3.05) is 14.2 Å². The molecule has 5 nitrogen and oxygen atoms in total. The summed E-state index contributed by atoms with van der Waals surface area (Å²) in [6.45, 7) is 1.89. The molecule has 1 amide bonds. The van der Waals surface area contributed by atoms with Gasteiger partial charge in [0, 0.05) is 11.8 Å². The van der Waals surface area contributed by atoms with Crippen LogP contribution in [0.15, 0.2) is 42.6 Å². The summed E-state index contributed by atoms with van der Waals surface area (Å²) in [5.74, 6) is 1.18. The second-order valence-electron chi connectivity index (χ2n) is 4.52. The maximum absolute atomic E-state index is 12.1. The van der Waals surface area contributed by atoms with Crippen LogP contribution in [0.2, 0.25) is 0 Å². The van der Waals surface area contributed by atoms with Crippen molar-refractivity contribution in [3.63, 3.8) is 0 Å². The van der Waals surface area contributed by atoms with Gasteiger partial charge in [-0.3, -0.25) is 9.78 Å². The van der Waals surface area contributed by atoms with Crippen molar-refractivity contribution in [2.24, 2.45) is 0 Å². The normalized spacial score (nSPS) is 11.6. The van der Waals surface area contributed by atoms with Gasteiger partial charge in [0.2, 0.25) is 0 Å². The van der Waals surface area contributed by atoms with Crippen molar-refractivity contribution >= 4 is 5.91 Å². The van der Waals surface area contributed by atoms with Crippen molar-refractivity contribution < 1.29 is 14.3 Å². The molecule has 2 aromatic rings. The Morgan fingerprint density at radius 1 is 1.19 bits per heavy atom. The molecule has 1 aromatic carbocycles. The molecule has 0 unspecified atom stereocenters. The van der Waals surface area contributed by atoms with Crippen LogP contribution in [0.3, 0.4) is 0 Å². The van der Waals surface area contributed by atoms with Crippen LogP contribution in [-0.2, 0) is 0 Å². The van der Waals surface area contributed by atoms with E-state index in [0.29, 0.717) is 17.2 Å². The summed E-state index contributed by atoms with van der Waals surface area (Å²) in [5.41, 5.74) is 1.23. The van der Waals surface area contributed by atoms with E-state index in [2.05, 4.69) is 10.3 Å². The SMILES string of the molecule is COc1ccc(OC)c([C@@H](C)NC(=O)c2ccccn2)c1. The molecular formula is C16H18N2O3. The first-order valence-electron chi connectivity index (χ1n) is 6.59. The predicted octanol–water partition coefficient (Wildman–Crippen LogP) is 2.59. The number of amides is 1. The number of methoxy groups -OCH3 is 2. The number of benzene rings is 1. The Labute approximate surface area is 123 Å². The molecule has 1 atom stereocenters. The zero-order chi connectivity index (χ0) is 15.2. The second kappa shape index (κ2) is 6.74. The Kier molecular flexibility index (Phi) is 4.77. The van der Waals surface area contributed by atoms with Gasteiger partial charge in [0.1, 0.15) is 17.2 Å². The highest BCUT2D eigenvalue weighted by Gasteiger charge is 2.16. The minimum Gasteiger partial charge on any atom is -0.497 e. The number of carbonyl (C=O) groups is 1. The third-order valence-electron chi connectivity index (χ3n) is 3.15. The van der Waals surface area contributed by atoms with Crippen LogP contribution in [0.25, 0.3) is 0 Å². The summed E-state index contributed by atoms with van der Waals surface area (Å²) in [7, 11) is 3.20. The smallest absolute Gasteiger partial charge is 0.270 e. The van der Waals surface area contributed by atoms with Gasteiger partial charge in [-0.2, -0.15) is 0 Å². The standard InChI is InChI=1S/C16H18N2O3/c1-11(18-16(19)14-6-4-5-9-17-14)13-10-12(20-2)7-8-15(13)21-3/h4-11H,1-3H3,(H,18,19)/t11-/m1/s1. The average Bonchev–Trinajstić information content (AvgIpc) is 2.54. The molecule has 21 heavy (non-hydrogen) atoms. The Morgan fingerprint density at radius 2 is 2.00 bits per heavy atom. The summed E-state index contributed by atoms with van der Waals surface area (Å²) < 4.78 is 10.5. The van der Waals surface area contributed by atoms with Gasteiger partial charge in [-0.25, -0.2) is 0 Å². The van der Waals surface area contributed by atoms with Crippen molar-refractivity contribution in [3.8, 4) is 11.5 Å². The fourth-order valence-electron chi connectivity index (χ4n) is 2.02. The molecule has 0 bridgehead atoms. The fourth-order valence-corrected chi connectivity index (χ4v) is 2.02. The van der Waals surface area contributed by atoms with Crippen LogP contribution >= 0.6 is 0 Å². The quantitative estimate of drug-likeness (QED) is 0.917. The molecule has 0 fully saturated rings. The molecule has 5 heteroatoms. The third-order valence-corrected chi connectivity index (χ3v) is 3.15. The molecule has 110 valence electrons. The number of rotatable bonds is 5. The van der Waals surface area contributed by atoms with E-state index in [1.54, 1.807) is 38.6 Å². The lowest BCUT2D eigenvalue weighted by Crippen LogP contribution is -2.27. The summed E-state index contributed by atoms with van der Waals surface area (Å²) >= 11 is 0. The average molecular weight is 286 g/mol. The lowest BCUT2D eigenvalue weighted by molar-refractivity contribution is 0.0934. The van der Waals surface area contributed by atoms with Crippen LogP contribution < -0.4 is 14.8 Å². The van der Waals surface area contributed by atoms with Crippen LogP contribution in [0.5, 0.6) is 11.5 Å². The van der Waals surface area contributed by atoms with Crippen LogP contribution in [0.4, 0.5) is 0 Å². The van der Waals surface area contributed by atoms with E-state index in [4.69, 9.17) is 9.47 Å². The minimum absolute atomic E-state index is 0.229. The van der Waals surface area contributed by atoms with Crippen molar-refractivity contribution in [3.05, 3.63) is 53.9 Å². The Hall–Kier alpha value is -2.56. The number of hydrogen-bond acceptors (Lipinski definition) is 4. The van der Waals surface area contributed by atoms with E-state index in [0.717, 1.165) is 5.56 Å². The Morgan fingerprint density at radius 3 is 2.62 bits per heavy atom. The van der Waals surface area contributed by atoms with Gasteiger partial charge in [0.05, 0.1) is 20.3 Å². The lowest BCUT2D eigenvalue weighted by atomic mass is 10.1. The number of aromatic nitrogens is 1. The van der Waals surface area contributed by atoms with E-state index < -0.39 is 0 Å². The molecule has 1 heterocycles. The first kappa shape index (κ1) is 14.8. The number of carbonyl (C=O) groups excluding carboxylic acids is 1. The van der Waals surface area contributed by atoms with Gasteiger partial charge >= 0.3 is 0 Å². The zero-order valence-electron chi connectivity index (χ0n) is 12.3. The van der Waals surface area contributed by atoms with Crippen molar-refractivity contribution in [1.29, 1.82) is 0 Å². The molecule has 0 aliphatic carbocycles. The molecule has 1 aromatic heterocycles. The molecule has 2 rings (SSSR count). The fraction of sp³-hybridized carbons (Fsp3) is 0.250. The van der Waals surface area contributed by atoms with E-state index in [1.807, 2.05) is 25.1 Å². The molecule has 1 N–H and O–H groups in total. The summed E-state index contributed by atoms with van der Waals surface area (Å²) in [4.78, 5) is 16.2. The van der Waals surface area contributed by atoms with Crippen molar-refractivity contribution in [2.45, 2.75) is 13.0 Å². The number of pyridine rings is 1. The number of nitrogens with one attached hydrogen (secondary N) is 1. The number of nitrogens with zero attached hydrogens (tertiary/aromatic N) is 1. The summed E-state index contributed by atoms with van der Waals surface area (Å²) in [5, 5.41) is 2.90. The Balaban J connectivity index is 2.20. The Bertz CT molecular complexity index is 614. The third kappa shape index (κ3) is 3.51. The number of ether oxygens (including phenoxy) is 2. The minimum atomic E-state index is -0.232. The summed E-state index contributed by atoms with van der Waals surface area (Å²) in [6, 6.07) is 10.5. The molecule has 0 saturated carbocycles. The molecule has 0 aliphatic heterocycles. The first-order chi connectivity index (χ1) is 10.2. The molecular weight excluding hydrogens is 268 g/mol. The maximum Gasteiger partial charge on any atom is 0.270 e. The van der Waals surface area contributed by atoms with E-state index in [-0.39, 0.29) is 11.9 Å². The second-order valence-corrected chi connectivity index (χ2v) is 4.52. The van der Waals surface area contributed by atoms with Crippen LogP contribution in [-0.4, -0.2) is 25.1 Å². The molecule has 0 saturated heterocycles. The molecule has 0 radical (unpaired) electrons. The van der Waals surface area contributed by atoms with Crippen molar-refractivity contribution in [1.82, 2.24) is 10.3 Å². The highest BCUT2D eigenvalue weighted by atomic mass is 16.5. The van der Waals surface area contributed by atoms with Gasteiger partial charge in [0.25, 0.3) is 5.91 Å². The van der Waals surface area contributed by atoms with E-state index in [9.17, 15) is 4.79 Å². The van der Waals surface area contributed by atoms with E-state index in [1.165, 1.54) is 0 Å². The molecule has 0 spiro atoms. The monoisotopic (exact) mass is 286 g/mol. The lowest BCUT2D eigenvalue weighted by Gasteiger charge is -2.18. The molecule has 0 aliphatic rings. The van der Waals surface area contributed by atoms with Gasteiger partial charge < -0.3 is 14.8 Å². The topological polar surface area (TPSA) is 60.5 Å². The maximum atomic E-state index is 12.1. The highest BCUT2D eigenvalue weighted by molar-refractivity contribution is 5.92. The summed E-state index contributed by atoms with van der Waals surface area (Å²) in [6.07, 6.45) is 1.59. The van der Waals surface area contributed by atoms with Gasteiger partial charge in [-0.1, -0.05) is 6.07 Å². The van der Waals surface area contributed by atoms with Gasteiger partial charge in [0.15, 0.2) is 0 Å². The van der Waals surface area contributed by atoms with Gasteiger partial charge in [-0.15, -0.1) is 0 Å². The first-order valence-corrected chi connectivity index (χ1v) is 6.59. The number of hydrogen-bond donors (Lipinski definition) is 1. The highest BCUT2D eigenvalue weighted by Crippen LogP contribution is 2.29. The van der Waals surface area contributed by atoms with E-state index >= 15 is 0 Å². The largest absolute Gasteiger partial charge is 0.497 e. The van der Waals surface area contributed by atoms with Crippen LogP contribution in [0, 0.1) is 0 Å².